The molecular formula is C18H16ClNO3S. The SMILES string of the molecule is COC(=O)c1c(NC(=O)/C=C/c2ccc(Cl)cc2)sc2c1CCC2. The van der Waals surface area contributed by atoms with Crippen molar-refractivity contribution in [2.45, 2.75) is 19.3 Å². The Morgan fingerprint density at radius 2 is 2.00 bits per heavy atom. The van der Waals surface area contributed by atoms with E-state index < -0.39 is 5.97 Å². The summed E-state index contributed by atoms with van der Waals surface area (Å²) >= 11 is 7.29. The highest BCUT2D eigenvalue weighted by molar-refractivity contribution is 7.17. The smallest absolute Gasteiger partial charge is 0.341 e. The van der Waals surface area contributed by atoms with Gasteiger partial charge in [0.25, 0.3) is 0 Å². The summed E-state index contributed by atoms with van der Waals surface area (Å²) in [5, 5.41) is 4.02. The third-order valence-electron chi connectivity index (χ3n) is 3.84. The first kappa shape index (κ1) is 16.7. The summed E-state index contributed by atoms with van der Waals surface area (Å²) in [4.78, 5) is 25.4. The highest BCUT2D eigenvalue weighted by atomic mass is 35.5. The van der Waals surface area contributed by atoms with Crippen molar-refractivity contribution in [1.82, 2.24) is 0 Å². The van der Waals surface area contributed by atoms with Gasteiger partial charge in [0, 0.05) is 16.0 Å². The maximum Gasteiger partial charge on any atom is 0.341 e. The van der Waals surface area contributed by atoms with Gasteiger partial charge in [-0.2, -0.15) is 0 Å². The number of esters is 1. The lowest BCUT2D eigenvalue weighted by Gasteiger charge is -2.05. The van der Waals surface area contributed by atoms with Crippen molar-refractivity contribution < 1.29 is 14.3 Å². The Labute approximate surface area is 149 Å². The Bertz CT molecular complexity index is 808. The van der Waals surface area contributed by atoms with Crippen molar-refractivity contribution in [1.29, 1.82) is 0 Å². The molecule has 0 bridgehead atoms. The van der Waals surface area contributed by atoms with Crippen molar-refractivity contribution in [3.05, 3.63) is 56.9 Å². The molecule has 0 saturated heterocycles. The van der Waals surface area contributed by atoms with E-state index in [0.29, 0.717) is 15.6 Å². The molecule has 0 radical (unpaired) electrons. The van der Waals surface area contributed by atoms with E-state index in [0.717, 1.165) is 35.3 Å². The van der Waals surface area contributed by atoms with Crippen LogP contribution >= 0.6 is 22.9 Å². The predicted molar refractivity (Wildman–Crippen MR) is 96.8 cm³/mol. The Morgan fingerprint density at radius 1 is 1.25 bits per heavy atom. The molecule has 1 aromatic carbocycles. The van der Waals surface area contributed by atoms with Gasteiger partial charge in [-0.1, -0.05) is 23.7 Å². The normalized spacial score (nSPS) is 13.1. The molecule has 0 saturated carbocycles. The van der Waals surface area contributed by atoms with Gasteiger partial charge >= 0.3 is 5.97 Å². The number of rotatable bonds is 4. The fourth-order valence-electron chi connectivity index (χ4n) is 2.71. The largest absolute Gasteiger partial charge is 0.465 e. The number of carbonyl (C=O) groups excluding carboxylic acids is 2. The monoisotopic (exact) mass is 361 g/mol. The molecule has 0 unspecified atom stereocenters. The number of hydrogen-bond acceptors (Lipinski definition) is 4. The lowest BCUT2D eigenvalue weighted by atomic mass is 10.1. The van der Waals surface area contributed by atoms with Gasteiger partial charge in [0.1, 0.15) is 5.00 Å². The molecule has 1 aliphatic carbocycles. The molecule has 1 N–H and O–H groups in total. The average molecular weight is 362 g/mol. The van der Waals surface area contributed by atoms with E-state index in [1.54, 1.807) is 18.2 Å². The summed E-state index contributed by atoms with van der Waals surface area (Å²) in [5.74, 6) is -0.679. The lowest BCUT2D eigenvalue weighted by Crippen LogP contribution is -2.12. The number of methoxy groups -OCH3 is 1. The van der Waals surface area contributed by atoms with Crippen molar-refractivity contribution in [3.8, 4) is 0 Å². The number of anilines is 1. The second-order valence-electron chi connectivity index (χ2n) is 5.43. The molecule has 1 amide bonds. The summed E-state index contributed by atoms with van der Waals surface area (Å²) in [6.07, 6.45) is 5.98. The van der Waals surface area contributed by atoms with Gasteiger partial charge in [0.15, 0.2) is 0 Å². The quantitative estimate of drug-likeness (QED) is 0.651. The molecule has 124 valence electrons. The van der Waals surface area contributed by atoms with E-state index >= 15 is 0 Å². The van der Waals surface area contributed by atoms with Gasteiger partial charge in [-0.05, 0) is 48.6 Å². The van der Waals surface area contributed by atoms with Crippen LogP contribution < -0.4 is 5.32 Å². The van der Waals surface area contributed by atoms with Gasteiger partial charge in [-0.3, -0.25) is 4.79 Å². The number of benzene rings is 1. The van der Waals surface area contributed by atoms with E-state index in [2.05, 4.69) is 5.32 Å². The second kappa shape index (κ2) is 7.20. The van der Waals surface area contributed by atoms with Crippen LogP contribution in [0.15, 0.2) is 30.3 Å². The highest BCUT2D eigenvalue weighted by Crippen LogP contribution is 2.39. The van der Waals surface area contributed by atoms with Gasteiger partial charge in [0.05, 0.1) is 12.7 Å². The Hall–Kier alpha value is -2.11. The number of hydrogen-bond donors (Lipinski definition) is 1. The molecule has 1 heterocycles. The number of carbonyl (C=O) groups is 2. The van der Waals surface area contributed by atoms with Gasteiger partial charge < -0.3 is 10.1 Å². The minimum atomic E-state index is -0.397. The van der Waals surface area contributed by atoms with Crippen molar-refractivity contribution in [3.63, 3.8) is 0 Å². The summed E-state index contributed by atoms with van der Waals surface area (Å²) in [5.41, 5.74) is 2.39. The first-order chi connectivity index (χ1) is 11.6. The number of ether oxygens (including phenoxy) is 1. The number of fused-ring (bicyclic) bond motifs is 1. The third kappa shape index (κ3) is 3.52. The van der Waals surface area contributed by atoms with E-state index in [9.17, 15) is 9.59 Å². The van der Waals surface area contributed by atoms with Crippen LogP contribution in [-0.4, -0.2) is 19.0 Å². The Morgan fingerprint density at radius 3 is 2.71 bits per heavy atom. The predicted octanol–water partition coefficient (Wildman–Crippen LogP) is 4.33. The number of halogens is 1. The summed E-state index contributed by atoms with van der Waals surface area (Å²) in [6, 6.07) is 7.17. The first-order valence-electron chi connectivity index (χ1n) is 7.56. The van der Waals surface area contributed by atoms with E-state index in [1.807, 2.05) is 12.1 Å². The summed E-state index contributed by atoms with van der Waals surface area (Å²) in [7, 11) is 1.35. The first-order valence-corrected chi connectivity index (χ1v) is 8.75. The molecule has 1 aliphatic rings. The van der Waals surface area contributed by atoms with Crippen molar-refractivity contribution >= 4 is 45.9 Å². The molecule has 4 nitrogen and oxygen atoms in total. The maximum absolute atomic E-state index is 12.2. The minimum absolute atomic E-state index is 0.282. The fraction of sp³-hybridized carbons (Fsp3) is 0.222. The van der Waals surface area contributed by atoms with Gasteiger partial charge in [0.2, 0.25) is 5.91 Å². The minimum Gasteiger partial charge on any atom is -0.465 e. The van der Waals surface area contributed by atoms with Crippen molar-refractivity contribution in [2.75, 3.05) is 12.4 Å². The van der Waals surface area contributed by atoms with Crippen LogP contribution in [0.5, 0.6) is 0 Å². The number of nitrogens with one attached hydrogen (secondary N) is 1. The zero-order valence-corrected chi connectivity index (χ0v) is 14.7. The summed E-state index contributed by atoms with van der Waals surface area (Å²) < 4.78 is 4.87. The van der Waals surface area contributed by atoms with E-state index in [1.165, 1.54) is 24.5 Å². The second-order valence-corrected chi connectivity index (χ2v) is 6.97. The van der Waals surface area contributed by atoms with E-state index in [-0.39, 0.29) is 5.91 Å². The van der Waals surface area contributed by atoms with Crippen LogP contribution in [0.4, 0.5) is 5.00 Å². The molecule has 6 heteroatoms. The number of amides is 1. The lowest BCUT2D eigenvalue weighted by molar-refractivity contribution is -0.111. The topological polar surface area (TPSA) is 55.4 Å². The van der Waals surface area contributed by atoms with Crippen LogP contribution in [0.2, 0.25) is 5.02 Å². The number of aryl methyl sites for hydroxylation is 1. The standard InChI is InChI=1S/C18H16ClNO3S/c1-23-18(22)16-13-3-2-4-14(13)24-17(16)20-15(21)10-7-11-5-8-12(19)9-6-11/h5-10H,2-4H2,1H3,(H,20,21)/b10-7+. The summed E-state index contributed by atoms with van der Waals surface area (Å²) in [6.45, 7) is 0. The molecule has 3 rings (SSSR count). The zero-order chi connectivity index (χ0) is 17.1. The van der Waals surface area contributed by atoms with Crippen LogP contribution in [0.3, 0.4) is 0 Å². The molecule has 0 aliphatic heterocycles. The molecule has 1 aromatic heterocycles. The van der Waals surface area contributed by atoms with Crippen LogP contribution in [0, 0.1) is 0 Å². The molecular weight excluding hydrogens is 346 g/mol. The highest BCUT2D eigenvalue weighted by Gasteiger charge is 2.27. The molecule has 0 fully saturated rings. The molecule has 0 spiro atoms. The Kier molecular flexibility index (Phi) is 5.02. The van der Waals surface area contributed by atoms with Crippen LogP contribution in [0.1, 0.15) is 32.8 Å². The van der Waals surface area contributed by atoms with Crippen molar-refractivity contribution in [2.24, 2.45) is 0 Å². The maximum atomic E-state index is 12.2. The van der Waals surface area contributed by atoms with Crippen LogP contribution in [-0.2, 0) is 22.4 Å². The molecule has 24 heavy (non-hydrogen) atoms. The molecule has 0 atom stereocenters. The van der Waals surface area contributed by atoms with Gasteiger partial charge in [-0.25, -0.2) is 4.79 Å². The number of thiophene rings is 1. The Balaban J connectivity index is 1.77. The molecule has 2 aromatic rings. The van der Waals surface area contributed by atoms with Crippen LogP contribution in [0.25, 0.3) is 6.08 Å². The zero-order valence-electron chi connectivity index (χ0n) is 13.1. The van der Waals surface area contributed by atoms with E-state index in [4.69, 9.17) is 16.3 Å². The van der Waals surface area contributed by atoms with Gasteiger partial charge in [-0.15, -0.1) is 11.3 Å². The fourth-order valence-corrected chi connectivity index (χ4v) is 4.12. The average Bonchev–Trinajstić information content (AvgIpc) is 3.14. The third-order valence-corrected chi connectivity index (χ3v) is 5.30.